The van der Waals surface area contributed by atoms with Gasteiger partial charge in [0.05, 0.1) is 12.7 Å². The Morgan fingerprint density at radius 3 is 2.72 bits per heavy atom. The van der Waals surface area contributed by atoms with E-state index in [0.29, 0.717) is 0 Å². The molecule has 0 saturated heterocycles. The number of methoxy groups -OCH3 is 1. The lowest BCUT2D eigenvalue weighted by Crippen LogP contribution is -2.41. The molecule has 0 heterocycles. The summed E-state index contributed by atoms with van der Waals surface area (Å²) in [6.45, 7) is 0. The molecule has 0 aliphatic carbocycles. The van der Waals surface area contributed by atoms with E-state index in [4.69, 9.17) is 6.42 Å². The van der Waals surface area contributed by atoms with Crippen molar-refractivity contribution in [3.63, 3.8) is 0 Å². The van der Waals surface area contributed by atoms with Gasteiger partial charge in [-0.2, -0.15) is 0 Å². The molecule has 94 valence electrons. The number of ether oxygens (including phenoxy) is 1. The molecule has 0 fully saturated rings. The predicted octanol–water partition coefficient (Wildman–Crippen LogP) is 1.12. The lowest BCUT2D eigenvalue weighted by atomic mass is 10.1. The molecule has 1 aromatic carbocycles. The minimum Gasteiger partial charge on any atom is -0.467 e. The lowest BCUT2D eigenvalue weighted by Gasteiger charge is -2.14. The van der Waals surface area contributed by atoms with E-state index >= 15 is 0 Å². The molecular formula is C13H12FNO3. The zero-order chi connectivity index (χ0) is 13.5. The maximum atomic E-state index is 13.3. The van der Waals surface area contributed by atoms with Gasteiger partial charge in [0.15, 0.2) is 0 Å². The molecule has 0 aliphatic heterocycles. The fraction of sp³-hybridized carbons (Fsp3) is 0.231. The second kappa shape index (κ2) is 6.40. The Labute approximate surface area is 104 Å². The van der Waals surface area contributed by atoms with Crippen molar-refractivity contribution in [3.8, 4) is 12.3 Å². The van der Waals surface area contributed by atoms with E-state index < -0.39 is 23.7 Å². The molecule has 0 radical (unpaired) electrons. The maximum Gasteiger partial charge on any atom is 0.329 e. The first kappa shape index (κ1) is 13.7. The molecule has 0 aliphatic rings. The molecule has 1 amide bonds. The van der Waals surface area contributed by atoms with Crippen LogP contribution in [0.5, 0.6) is 0 Å². The summed E-state index contributed by atoms with van der Waals surface area (Å²) in [5.74, 6) is 0.200. The maximum absolute atomic E-state index is 13.3. The summed E-state index contributed by atoms with van der Waals surface area (Å²) in [4.78, 5) is 23.1. The van der Waals surface area contributed by atoms with Crippen molar-refractivity contribution in [3.05, 3.63) is 35.6 Å². The third-order valence-electron chi connectivity index (χ3n) is 2.23. The van der Waals surface area contributed by atoms with Crippen LogP contribution >= 0.6 is 0 Å². The highest BCUT2D eigenvalue weighted by atomic mass is 19.1. The molecule has 0 unspecified atom stereocenters. The van der Waals surface area contributed by atoms with Crippen molar-refractivity contribution in [1.29, 1.82) is 0 Å². The van der Waals surface area contributed by atoms with E-state index in [2.05, 4.69) is 16.0 Å². The van der Waals surface area contributed by atoms with Crippen molar-refractivity contribution >= 4 is 11.9 Å². The number of halogens is 1. The fourth-order valence-electron chi connectivity index (χ4n) is 1.33. The van der Waals surface area contributed by atoms with Gasteiger partial charge in [-0.3, -0.25) is 4.79 Å². The Hall–Kier alpha value is -2.35. The van der Waals surface area contributed by atoms with Gasteiger partial charge in [-0.25, -0.2) is 9.18 Å². The van der Waals surface area contributed by atoms with Gasteiger partial charge in [-0.1, -0.05) is 12.1 Å². The van der Waals surface area contributed by atoms with Crippen LogP contribution in [0.4, 0.5) is 4.39 Å². The van der Waals surface area contributed by atoms with E-state index in [1.165, 1.54) is 25.3 Å². The van der Waals surface area contributed by atoms with Gasteiger partial charge in [0.1, 0.15) is 11.9 Å². The van der Waals surface area contributed by atoms with Gasteiger partial charge in [-0.05, 0) is 12.1 Å². The Morgan fingerprint density at radius 2 is 2.17 bits per heavy atom. The van der Waals surface area contributed by atoms with Crippen LogP contribution in [-0.4, -0.2) is 25.0 Å². The monoisotopic (exact) mass is 249 g/mol. The summed E-state index contributed by atoms with van der Waals surface area (Å²) >= 11 is 0. The number of esters is 1. The Bertz CT molecular complexity index is 493. The minimum absolute atomic E-state index is 0.0210. The number of rotatable bonds is 4. The van der Waals surface area contributed by atoms with Crippen molar-refractivity contribution in [1.82, 2.24) is 5.32 Å². The van der Waals surface area contributed by atoms with Crippen molar-refractivity contribution in [2.45, 2.75) is 12.5 Å². The SMILES string of the molecule is C#CC[C@@H](NC(=O)c1ccccc1F)C(=O)OC. The fourth-order valence-corrected chi connectivity index (χ4v) is 1.33. The first-order valence-electron chi connectivity index (χ1n) is 5.16. The highest BCUT2D eigenvalue weighted by Gasteiger charge is 2.22. The zero-order valence-electron chi connectivity index (χ0n) is 9.77. The number of carbonyl (C=O) groups is 2. The number of hydrogen-bond donors (Lipinski definition) is 1. The average molecular weight is 249 g/mol. The minimum atomic E-state index is -0.980. The van der Waals surface area contributed by atoms with Crippen LogP contribution in [0.1, 0.15) is 16.8 Å². The predicted molar refractivity (Wildman–Crippen MR) is 63.1 cm³/mol. The molecule has 0 spiro atoms. The van der Waals surface area contributed by atoms with E-state index in [0.717, 1.165) is 6.07 Å². The van der Waals surface area contributed by atoms with Gasteiger partial charge < -0.3 is 10.1 Å². The molecular weight excluding hydrogens is 237 g/mol. The van der Waals surface area contributed by atoms with Crippen molar-refractivity contribution in [2.24, 2.45) is 0 Å². The van der Waals surface area contributed by atoms with Gasteiger partial charge >= 0.3 is 5.97 Å². The van der Waals surface area contributed by atoms with Gasteiger partial charge in [0.25, 0.3) is 5.91 Å². The van der Waals surface area contributed by atoms with E-state index in [1.807, 2.05) is 0 Å². The number of carbonyl (C=O) groups excluding carboxylic acids is 2. The third-order valence-corrected chi connectivity index (χ3v) is 2.23. The quantitative estimate of drug-likeness (QED) is 0.642. The molecule has 4 nitrogen and oxygen atoms in total. The topological polar surface area (TPSA) is 55.4 Å². The number of terminal acetylenes is 1. The Kier molecular flexibility index (Phi) is 4.88. The standard InChI is InChI=1S/C13H12FNO3/c1-3-6-11(13(17)18-2)15-12(16)9-7-4-5-8-10(9)14/h1,4-5,7-8,11H,6H2,2H3,(H,15,16)/t11-/m1/s1. The number of benzene rings is 1. The Morgan fingerprint density at radius 1 is 1.50 bits per heavy atom. The average Bonchev–Trinajstić information content (AvgIpc) is 2.37. The van der Waals surface area contributed by atoms with Crippen molar-refractivity contribution < 1.29 is 18.7 Å². The third kappa shape index (κ3) is 3.32. The summed E-state index contributed by atoms with van der Waals surface area (Å²) < 4.78 is 17.8. The zero-order valence-corrected chi connectivity index (χ0v) is 9.77. The Balaban J connectivity index is 2.83. The summed E-state index contributed by atoms with van der Waals surface area (Å²) in [5.41, 5.74) is -0.150. The number of hydrogen-bond acceptors (Lipinski definition) is 3. The van der Waals surface area contributed by atoms with Gasteiger partial charge in [-0.15, -0.1) is 12.3 Å². The van der Waals surface area contributed by atoms with Crippen LogP contribution in [0, 0.1) is 18.2 Å². The molecule has 1 N–H and O–H groups in total. The second-order valence-electron chi connectivity index (χ2n) is 3.44. The van der Waals surface area contributed by atoms with E-state index in [-0.39, 0.29) is 12.0 Å². The first-order valence-corrected chi connectivity index (χ1v) is 5.16. The van der Waals surface area contributed by atoms with Crippen LogP contribution < -0.4 is 5.32 Å². The van der Waals surface area contributed by atoms with Crippen LogP contribution in [0.2, 0.25) is 0 Å². The molecule has 0 saturated carbocycles. The van der Waals surface area contributed by atoms with Crippen LogP contribution in [0.3, 0.4) is 0 Å². The lowest BCUT2D eigenvalue weighted by molar-refractivity contribution is -0.142. The molecule has 0 bridgehead atoms. The van der Waals surface area contributed by atoms with E-state index in [1.54, 1.807) is 0 Å². The highest BCUT2D eigenvalue weighted by Crippen LogP contribution is 2.07. The molecule has 5 heteroatoms. The van der Waals surface area contributed by atoms with E-state index in [9.17, 15) is 14.0 Å². The van der Waals surface area contributed by atoms with Crippen LogP contribution in [-0.2, 0) is 9.53 Å². The van der Waals surface area contributed by atoms with Crippen LogP contribution in [0.15, 0.2) is 24.3 Å². The summed E-state index contributed by atoms with van der Waals surface area (Å²) in [7, 11) is 1.18. The second-order valence-corrected chi connectivity index (χ2v) is 3.44. The summed E-state index contributed by atoms with van der Waals surface area (Å²) in [6.07, 6.45) is 5.06. The van der Waals surface area contributed by atoms with Crippen LogP contribution in [0.25, 0.3) is 0 Å². The largest absolute Gasteiger partial charge is 0.467 e. The molecule has 18 heavy (non-hydrogen) atoms. The summed E-state index contributed by atoms with van der Waals surface area (Å²) in [6, 6.07) is 4.47. The van der Waals surface area contributed by atoms with Crippen molar-refractivity contribution in [2.75, 3.05) is 7.11 Å². The highest BCUT2D eigenvalue weighted by molar-refractivity contribution is 5.97. The number of nitrogens with one attached hydrogen (secondary N) is 1. The number of amides is 1. The van der Waals surface area contributed by atoms with Gasteiger partial charge in [0.2, 0.25) is 0 Å². The normalized spacial score (nSPS) is 11.2. The summed E-state index contributed by atoms with van der Waals surface area (Å²) in [5, 5.41) is 2.33. The molecule has 1 rings (SSSR count). The molecule has 0 aromatic heterocycles. The first-order chi connectivity index (χ1) is 8.60. The smallest absolute Gasteiger partial charge is 0.329 e. The molecule has 1 atom stereocenters. The molecule has 1 aromatic rings. The van der Waals surface area contributed by atoms with Gasteiger partial charge in [0, 0.05) is 6.42 Å².